The largest absolute Gasteiger partial charge is 0.497 e. The van der Waals surface area contributed by atoms with Crippen molar-refractivity contribution in [3.63, 3.8) is 0 Å². The van der Waals surface area contributed by atoms with E-state index in [1.165, 1.54) is 6.21 Å². The van der Waals surface area contributed by atoms with Gasteiger partial charge in [-0.2, -0.15) is 5.10 Å². The molecule has 8 heteroatoms. The van der Waals surface area contributed by atoms with Crippen molar-refractivity contribution in [3.8, 4) is 17.2 Å². The van der Waals surface area contributed by atoms with Gasteiger partial charge in [-0.15, -0.1) is 0 Å². The molecule has 7 nitrogen and oxygen atoms in total. The molecule has 2 aromatic rings. The highest BCUT2D eigenvalue weighted by Gasteiger charge is 2.17. The number of fused-ring (bicyclic) bond motifs is 1. The first kappa shape index (κ1) is 17.1. The molecule has 0 radical (unpaired) electrons. The van der Waals surface area contributed by atoms with Gasteiger partial charge >= 0.3 is 0 Å². The summed E-state index contributed by atoms with van der Waals surface area (Å²) in [6.45, 7) is 0.302. The van der Waals surface area contributed by atoms with Crippen LogP contribution in [0.4, 0.5) is 5.69 Å². The van der Waals surface area contributed by atoms with Crippen LogP contribution in [-0.2, 0) is 4.79 Å². The zero-order chi connectivity index (χ0) is 17.6. The topological polar surface area (TPSA) is 81.2 Å². The quantitative estimate of drug-likeness (QED) is 0.570. The summed E-state index contributed by atoms with van der Waals surface area (Å²) in [6, 6.07) is 10.9. The molecule has 0 aliphatic carbocycles. The van der Waals surface area contributed by atoms with Crippen molar-refractivity contribution in [3.05, 3.63) is 46.4 Å². The van der Waals surface area contributed by atoms with Crippen molar-refractivity contribution in [1.82, 2.24) is 5.43 Å². The zero-order valence-electron chi connectivity index (χ0n) is 13.4. The second-order valence-electron chi connectivity index (χ2n) is 5.11. The summed E-state index contributed by atoms with van der Waals surface area (Å²) < 4.78 is 16.5. The number of rotatable bonds is 6. The number of hydrazone groups is 1. The summed E-state index contributed by atoms with van der Waals surface area (Å²) in [7, 11) is 1.60. The molecule has 25 heavy (non-hydrogen) atoms. The van der Waals surface area contributed by atoms with E-state index in [1.807, 2.05) is 30.3 Å². The number of ether oxygens (including phenoxy) is 3. The number of carbonyl (C=O) groups excluding carboxylic acids is 1. The molecule has 0 saturated carbocycles. The van der Waals surface area contributed by atoms with Gasteiger partial charge in [-0.05, 0) is 57.9 Å². The van der Waals surface area contributed by atoms with Crippen LogP contribution < -0.4 is 25.0 Å². The van der Waals surface area contributed by atoms with Crippen LogP contribution in [0.5, 0.6) is 17.2 Å². The lowest BCUT2D eigenvalue weighted by Crippen LogP contribution is -2.25. The normalized spacial score (nSPS) is 12.2. The highest BCUT2D eigenvalue weighted by Crippen LogP contribution is 2.39. The highest BCUT2D eigenvalue weighted by molar-refractivity contribution is 9.10. The van der Waals surface area contributed by atoms with Gasteiger partial charge in [0.25, 0.3) is 5.91 Å². The summed E-state index contributed by atoms with van der Waals surface area (Å²) in [5, 5.41) is 6.95. The lowest BCUT2D eigenvalue weighted by molar-refractivity contribution is -0.119. The molecule has 0 aromatic heterocycles. The van der Waals surface area contributed by atoms with Crippen molar-refractivity contribution < 1.29 is 19.0 Å². The average Bonchev–Trinajstić information content (AvgIpc) is 3.09. The van der Waals surface area contributed by atoms with Crippen molar-refractivity contribution in [2.24, 2.45) is 5.10 Å². The standard InChI is InChI=1S/C17H16BrN3O4/c1-23-13-4-2-12(3-5-13)19-9-16(22)21-20-8-11-6-14(18)17-15(7-11)24-10-25-17/h2-8,19H,9-10H2,1H3,(H,21,22)/b20-8-. The Hall–Kier alpha value is -2.74. The summed E-state index contributed by atoms with van der Waals surface area (Å²) >= 11 is 3.41. The van der Waals surface area contributed by atoms with Crippen LogP contribution in [0.2, 0.25) is 0 Å². The Morgan fingerprint density at radius 3 is 2.88 bits per heavy atom. The molecule has 130 valence electrons. The number of nitrogens with zero attached hydrogens (tertiary/aromatic N) is 1. The SMILES string of the molecule is COc1ccc(NCC(=O)N/N=C\c2cc(Br)c3c(c2)OCO3)cc1. The predicted molar refractivity (Wildman–Crippen MR) is 97.5 cm³/mol. The van der Waals surface area contributed by atoms with Gasteiger partial charge in [0.15, 0.2) is 11.5 Å². The van der Waals surface area contributed by atoms with E-state index in [1.54, 1.807) is 13.2 Å². The number of carbonyl (C=O) groups is 1. The minimum Gasteiger partial charge on any atom is -0.497 e. The van der Waals surface area contributed by atoms with E-state index in [0.29, 0.717) is 11.5 Å². The first-order valence-corrected chi connectivity index (χ1v) is 8.24. The molecule has 3 rings (SSSR count). The molecule has 1 amide bonds. The lowest BCUT2D eigenvalue weighted by atomic mass is 10.2. The van der Waals surface area contributed by atoms with E-state index in [0.717, 1.165) is 21.5 Å². The Balaban J connectivity index is 1.50. The summed E-state index contributed by atoms with van der Waals surface area (Å²) in [5.41, 5.74) is 4.06. The lowest BCUT2D eigenvalue weighted by Gasteiger charge is -2.06. The summed E-state index contributed by atoms with van der Waals surface area (Å²) in [6.07, 6.45) is 1.54. The number of anilines is 1. The number of hydrogen-bond donors (Lipinski definition) is 2. The van der Waals surface area contributed by atoms with Crippen molar-refractivity contribution in [2.75, 3.05) is 25.8 Å². The Morgan fingerprint density at radius 2 is 2.12 bits per heavy atom. The van der Waals surface area contributed by atoms with Gasteiger partial charge in [-0.3, -0.25) is 4.79 Å². The van der Waals surface area contributed by atoms with E-state index in [9.17, 15) is 4.79 Å². The fourth-order valence-electron chi connectivity index (χ4n) is 2.17. The van der Waals surface area contributed by atoms with E-state index in [2.05, 4.69) is 31.8 Å². The molecule has 1 aliphatic heterocycles. The average molecular weight is 406 g/mol. The Labute approximate surface area is 153 Å². The number of hydrogen-bond acceptors (Lipinski definition) is 6. The maximum Gasteiger partial charge on any atom is 0.259 e. The van der Waals surface area contributed by atoms with Gasteiger partial charge in [0, 0.05) is 5.69 Å². The van der Waals surface area contributed by atoms with Crippen LogP contribution in [0.1, 0.15) is 5.56 Å². The van der Waals surface area contributed by atoms with Gasteiger partial charge in [0.1, 0.15) is 5.75 Å². The first-order chi connectivity index (χ1) is 12.2. The minimum atomic E-state index is -0.258. The van der Waals surface area contributed by atoms with Crippen LogP contribution in [-0.4, -0.2) is 32.6 Å². The molecule has 1 aliphatic rings. The van der Waals surface area contributed by atoms with Crippen LogP contribution in [0.25, 0.3) is 0 Å². The molecule has 0 atom stereocenters. The first-order valence-electron chi connectivity index (χ1n) is 7.44. The van der Waals surface area contributed by atoms with Crippen LogP contribution in [0.3, 0.4) is 0 Å². The molecular weight excluding hydrogens is 390 g/mol. The molecule has 0 saturated heterocycles. The van der Waals surface area contributed by atoms with E-state index in [4.69, 9.17) is 14.2 Å². The molecule has 1 heterocycles. The smallest absolute Gasteiger partial charge is 0.259 e. The molecule has 0 spiro atoms. The Morgan fingerprint density at radius 1 is 1.32 bits per heavy atom. The number of methoxy groups -OCH3 is 1. The van der Waals surface area contributed by atoms with Gasteiger partial charge < -0.3 is 19.5 Å². The maximum atomic E-state index is 11.8. The van der Waals surface area contributed by atoms with Gasteiger partial charge in [-0.25, -0.2) is 5.43 Å². The third-order valence-corrected chi connectivity index (χ3v) is 3.98. The fourth-order valence-corrected chi connectivity index (χ4v) is 2.75. The second-order valence-corrected chi connectivity index (χ2v) is 5.97. The molecular formula is C17H16BrN3O4. The van der Waals surface area contributed by atoms with Crippen molar-refractivity contribution >= 4 is 33.7 Å². The van der Waals surface area contributed by atoms with E-state index < -0.39 is 0 Å². The Kier molecular flexibility index (Phi) is 5.39. The number of halogens is 1. The number of amides is 1. The fraction of sp³-hybridized carbons (Fsp3) is 0.176. The van der Waals surface area contributed by atoms with E-state index >= 15 is 0 Å². The minimum absolute atomic E-state index is 0.106. The summed E-state index contributed by atoms with van der Waals surface area (Å²) in [4.78, 5) is 11.8. The second kappa shape index (κ2) is 7.89. The van der Waals surface area contributed by atoms with Crippen LogP contribution >= 0.6 is 15.9 Å². The number of nitrogens with one attached hydrogen (secondary N) is 2. The molecule has 2 aromatic carbocycles. The monoisotopic (exact) mass is 405 g/mol. The Bertz CT molecular complexity index is 793. The maximum absolute atomic E-state index is 11.8. The zero-order valence-corrected chi connectivity index (χ0v) is 15.0. The predicted octanol–water partition coefficient (Wildman–Crippen LogP) is 2.75. The van der Waals surface area contributed by atoms with Crippen molar-refractivity contribution in [2.45, 2.75) is 0 Å². The van der Waals surface area contributed by atoms with Gasteiger partial charge in [0.05, 0.1) is 24.3 Å². The molecule has 0 unspecified atom stereocenters. The van der Waals surface area contributed by atoms with Crippen molar-refractivity contribution in [1.29, 1.82) is 0 Å². The highest BCUT2D eigenvalue weighted by atomic mass is 79.9. The molecule has 2 N–H and O–H groups in total. The molecule has 0 fully saturated rings. The third-order valence-electron chi connectivity index (χ3n) is 3.40. The molecule has 0 bridgehead atoms. The number of benzene rings is 2. The third kappa shape index (κ3) is 4.42. The van der Waals surface area contributed by atoms with Crippen LogP contribution in [0, 0.1) is 0 Å². The van der Waals surface area contributed by atoms with E-state index in [-0.39, 0.29) is 19.2 Å². The summed E-state index contributed by atoms with van der Waals surface area (Å²) in [5.74, 6) is 1.81. The van der Waals surface area contributed by atoms with Gasteiger partial charge in [0.2, 0.25) is 6.79 Å². The van der Waals surface area contributed by atoms with Crippen LogP contribution in [0.15, 0.2) is 46.0 Å². The van der Waals surface area contributed by atoms with Gasteiger partial charge in [-0.1, -0.05) is 0 Å².